The number of aromatic amines is 1. The van der Waals surface area contributed by atoms with Crippen LogP contribution in [-0.4, -0.2) is 47.2 Å². The molecule has 0 radical (unpaired) electrons. The van der Waals surface area contributed by atoms with E-state index in [1.54, 1.807) is 0 Å². The molecule has 0 saturated carbocycles. The SMILES string of the molecule is FC(F)C(F)(F)CC[n+]1cc[nH]c1C(F)(F)C(F)(F)C(F)(F)C(F)(F)C(F)(F)C(F)(F)F. The van der Waals surface area contributed by atoms with Gasteiger partial charge in [0.05, 0.1) is 13.0 Å². The molecule has 0 unspecified atom stereocenters. The zero-order chi connectivity index (χ0) is 25.8. The molecule has 1 rings (SSSR count). The van der Waals surface area contributed by atoms with Crippen molar-refractivity contribution in [3.63, 3.8) is 0 Å². The quantitative estimate of drug-likeness (QED) is 0.318. The van der Waals surface area contributed by atoms with E-state index in [2.05, 4.69) is 0 Å². The Morgan fingerprint density at radius 3 is 1.53 bits per heavy atom. The minimum absolute atomic E-state index is 0.0987. The van der Waals surface area contributed by atoms with Crippen LogP contribution in [0.2, 0.25) is 0 Å². The van der Waals surface area contributed by atoms with Gasteiger partial charge in [-0.25, -0.2) is 27.1 Å². The third kappa shape index (κ3) is 4.06. The van der Waals surface area contributed by atoms with Crippen LogP contribution in [0.15, 0.2) is 12.4 Å². The Bertz CT molecular complexity index is 791. The van der Waals surface area contributed by atoms with Crippen LogP contribution in [0, 0.1) is 0 Å². The van der Waals surface area contributed by atoms with E-state index in [1.165, 1.54) is 0 Å². The Morgan fingerprint density at radius 1 is 0.688 bits per heavy atom. The van der Waals surface area contributed by atoms with Crippen LogP contribution in [0.3, 0.4) is 0 Å². The Hall–Kier alpha value is -1.98. The molecule has 2 nitrogen and oxygen atoms in total. The molecule has 0 amide bonds. The van der Waals surface area contributed by atoms with Gasteiger partial charge in [-0.15, -0.1) is 0 Å². The van der Waals surface area contributed by atoms with Gasteiger partial charge in [-0.1, -0.05) is 0 Å². The monoisotopic (exact) mass is 515 g/mol. The highest BCUT2D eigenvalue weighted by molar-refractivity contribution is 5.13. The summed E-state index contributed by atoms with van der Waals surface area (Å²) in [5.74, 6) is -46.2. The lowest BCUT2D eigenvalue weighted by Gasteiger charge is -2.38. The summed E-state index contributed by atoms with van der Waals surface area (Å²) in [5.41, 5.74) is 0. The van der Waals surface area contributed by atoms with E-state index >= 15 is 0 Å². The molecule has 0 aliphatic rings. The summed E-state index contributed by atoms with van der Waals surface area (Å²) in [4.78, 5) is 1.02. The molecule has 1 aromatic heterocycles. The molecular formula is C13H8F17N2+. The summed E-state index contributed by atoms with van der Waals surface area (Å²) < 4.78 is 220. The minimum Gasteiger partial charge on any atom is -0.242 e. The predicted molar refractivity (Wildman–Crippen MR) is 66.3 cm³/mol. The van der Waals surface area contributed by atoms with Gasteiger partial charge in [0.25, 0.3) is 0 Å². The van der Waals surface area contributed by atoms with E-state index in [0.717, 1.165) is 4.98 Å². The second-order valence-corrected chi connectivity index (χ2v) is 6.18. The van der Waals surface area contributed by atoms with Gasteiger partial charge >= 0.3 is 54.0 Å². The standard InChI is InChI=1S/C13H7F17N2/c14-5(15)7(16,17)1-3-32-4-2-31-6(32)8(18,19)9(20,21)10(22,23)11(24,25)12(26,27)13(28,29)30/h2,4-5H,1,3H2/p+1. The molecule has 1 N–H and O–H groups in total. The summed E-state index contributed by atoms with van der Waals surface area (Å²) in [7, 11) is 0. The van der Waals surface area contributed by atoms with Crippen molar-refractivity contribution in [1.82, 2.24) is 4.98 Å². The lowest BCUT2D eigenvalue weighted by Crippen LogP contribution is -2.70. The van der Waals surface area contributed by atoms with Crippen LogP contribution in [-0.2, 0) is 12.5 Å². The van der Waals surface area contributed by atoms with Crippen molar-refractivity contribution >= 4 is 0 Å². The average molecular weight is 515 g/mol. The average Bonchev–Trinajstić information content (AvgIpc) is 3.07. The van der Waals surface area contributed by atoms with Crippen LogP contribution in [0.4, 0.5) is 74.6 Å². The molecule has 0 spiro atoms. The molecular weight excluding hydrogens is 507 g/mol. The maximum Gasteiger partial charge on any atom is 0.460 e. The molecule has 188 valence electrons. The number of nitrogens with zero attached hydrogens (tertiary/aromatic N) is 1. The molecule has 0 bridgehead atoms. The van der Waals surface area contributed by atoms with E-state index in [1.807, 2.05) is 0 Å². The van der Waals surface area contributed by atoms with Gasteiger partial charge in [0.15, 0.2) is 0 Å². The summed E-state index contributed by atoms with van der Waals surface area (Å²) in [6.45, 7) is -1.75. The second kappa shape index (κ2) is 7.81. The summed E-state index contributed by atoms with van der Waals surface area (Å²) in [6, 6.07) is 0. The number of halogens is 17. The second-order valence-electron chi connectivity index (χ2n) is 6.18. The number of alkyl halides is 17. The molecule has 0 atom stereocenters. The number of nitrogens with one attached hydrogen (secondary N) is 1. The van der Waals surface area contributed by atoms with Crippen LogP contribution in [0.25, 0.3) is 0 Å². The van der Waals surface area contributed by atoms with E-state index in [0.29, 0.717) is 0 Å². The van der Waals surface area contributed by atoms with Gasteiger partial charge < -0.3 is 0 Å². The zero-order valence-electron chi connectivity index (χ0n) is 14.5. The molecule has 0 aliphatic carbocycles. The lowest BCUT2D eigenvalue weighted by atomic mass is 9.93. The largest absolute Gasteiger partial charge is 0.460 e. The van der Waals surface area contributed by atoms with Crippen LogP contribution < -0.4 is 4.57 Å². The summed E-state index contributed by atoms with van der Waals surface area (Å²) in [5, 5.41) is 0. The fourth-order valence-corrected chi connectivity index (χ4v) is 2.12. The Kier molecular flexibility index (Phi) is 6.84. The molecule has 1 heterocycles. The van der Waals surface area contributed by atoms with Gasteiger partial charge in [-0.3, -0.25) is 0 Å². The van der Waals surface area contributed by atoms with Crippen molar-refractivity contribution in [3.05, 3.63) is 18.2 Å². The van der Waals surface area contributed by atoms with Crippen LogP contribution in [0.1, 0.15) is 12.2 Å². The highest BCUT2D eigenvalue weighted by atomic mass is 19.4. The number of hydrogen-bond donors (Lipinski definition) is 1. The molecule has 0 fully saturated rings. The third-order valence-corrected chi connectivity index (χ3v) is 4.00. The van der Waals surface area contributed by atoms with Crippen molar-refractivity contribution in [3.8, 4) is 0 Å². The molecule has 19 heteroatoms. The maximum atomic E-state index is 14.0. The molecule has 1 aromatic rings. The highest BCUT2D eigenvalue weighted by Crippen LogP contribution is 2.61. The van der Waals surface area contributed by atoms with Crippen LogP contribution in [0.5, 0.6) is 0 Å². The van der Waals surface area contributed by atoms with Gasteiger partial charge in [0, 0.05) is 0 Å². The first-order valence-electron chi connectivity index (χ1n) is 7.58. The molecule has 0 saturated heterocycles. The van der Waals surface area contributed by atoms with Gasteiger partial charge in [0.2, 0.25) is 0 Å². The summed E-state index contributed by atoms with van der Waals surface area (Å²) >= 11 is 0. The van der Waals surface area contributed by atoms with Crippen molar-refractivity contribution in [2.45, 2.75) is 61.1 Å². The lowest BCUT2D eigenvalue weighted by molar-refractivity contribution is -0.716. The van der Waals surface area contributed by atoms with E-state index in [4.69, 9.17) is 0 Å². The normalized spacial score (nSPS) is 15.6. The van der Waals surface area contributed by atoms with Crippen LogP contribution >= 0.6 is 0 Å². The molecule has 0 aromatic carbocycles. The van der Waals surface area contributed by atoms with Crippen molar-refractivity contribution in [2.24, 2.45) is 0 Å². The fraction of sp³-hybridized carbons (Fsp3) is 0.769. The Morgan fingerprint density at radius 2 is 1.12 bits per heavy atom. The van der Waals surface area contributed by atoms with Gasteiger partial charge in [-0.05, 0) is 0 Å². The van der Waals surface area contributed by atoms with Crippen molar-refractivity contribution < 1.29 is 79.2 Å². The number of hydrogen-bond acceptors (Lipinski definition) is 0. The summed E-state index contributed by atoms with van der Waals surface area (Å²) in [6.07, 6.45) is -13.8. The predicted octanol–water partition coefficient (Wildman–Crippen LogP) is 5.79. The number of H-pyrrole nitrogens is 1. The van der Waals surface area contributed by atoms with Crippen molar-refractivity contribution in [1.29, 1.82) is 0 Å². The Labute approximate surface area is 165 Å². The first-order valence-corrected chi connectivity index (χ1v) is 7.58. The smallest absolute Gasteiger partial charge is 0.242 e. The first kappa shape index (κ1) is 28.1. The molecule has 32 heavy (non-hydrogen) atoms. The third-order valence-electron chi connectivity index (χ3n) is 4.00. The number of aryl methyl sites for hydroxylation is 1. The highest BCUT2D eigenvalue weighted by Gasteiger charge is 2.92. The van der Waals surface area contributed by atoms with E-state index in [9.17, 15) is 74.6 Å². The topological polar surface area (TPSA) is 19.7 Å². The van der Waals surface area contributed by atoms with E-state index < -0.39 is 71.5 Å². The first-order chi connectivity index (χ1) is 13.9. The molecule has 0 aliphatic heterocycles. The number of imidazole rings is 1. The fourth-order valence-electron chi connectivity index (χ4n) is 2.12. The Balaban J connectivity index is 3.47. The zero-order valence-corrected chi connectivity index (χ0v) is 14.5. The van der Waals surface area contributed by atoms with Gasteiger partial charge in [-0.2, -0.15) is 57.1 Å². The van der Waals surface area contributed by atoms with Crippen molar-refractivity contribution in [2.75, 3.05) is 0 Å². The minimum atomic E-state index is -8.13. The maximum absolute atomic E-state index is 14.0. The van der Waals surface area contributed by atoms with E-state index in [-0.39, 0.29) is 12.4 Å². The number of rotatable bonds is 9. The van der Waals surface area contributed by atoms with Gasteiger partial charge in [0.1, 0.15) is 12.4 Å². The number of aromatic nitrogens is 2.